The molecule has 320 valence electrons. The molecule has 0 aliphatic carbocycles. The predicted octanol–water partition coefficient (Wildman–Crippen LogP) is 7.66. The van der Waals surface area contributed by atoms with E-state index in [4.69, 9.17) is 19.3 Å². The van der Waals surface area contributed by atoms with Crippen molar-refractivity contribution in [3.05, 3.63) is 202 Å². The summed E-state index contributed by atoms with van der Waals surface area (Å²) in [5, 5.41) is 12.3. The van der Waals surface area contributed by atoms with Crippen molar-refractivity contribution in [2.45, 2.75) is 23.6 Å². The number of ether oxygens (including phenoxy) is 2. The number of hydrogen-bond donors (Lipinski definition) is 2. The molecule has 0 bridgehead atoms. The number of fused-ring (bicyclic) bond motifs is 2. The lowest BCUT2D eigenvalue weighted by molar-refractivity contribution is -0.153. The van der Waals surface area contributed by atoms with Crippen molar-refractivity contribution in [3.8, 4) is 5.75 Å². The highest BCUT2D eigenvalue weighted by Crippen LogP contribution is 2.43. The number of nitrogens with zero attached hydrogens (tertiary/aromatic N) is 5. The second kappa shape index (κ2) is 18.5. The van der Waals surface area contributed by atoms with Gasteiger partial charge >= 0.3 is 5.97 Å². The maximum atomic E-state index is 14.2. The van der Waals surface area contributed by atoms with Gasteiger partial charge in [0.2, 0.25) is 0 Å². The van der Waals surface area contributed by atoms with Gasteiger partial charge in [-0.25, -0.2) is 14.8 Å². The Balaban J connectivity index is 0.972. The van der Waals surface area contributed by atoms with Crippen molar-refractivity contribution in [2.24, 2.45) is 5.16 Å². The van der Waals surface area contributed by atoms with E-state index in [1.165, 1.54) is 35.1 Å². The number of nitrogens with one attached hydrogen (secondary N) is 2. The van der Waals surface area contributed by atoms with Crippen LogP contribution in [0.4, 0.5) is 5.13 Å². The van der Waals surface area contributed by atoms with Crippen LogP contribution in [0.5, 0.6) is 5.75 Å². The number of thiazole rings is 1. The van der Waals surface area contributed by atoms with Crippen LogP contribution in [0.25, 0.3) is 11.7 Å². The number of carbonyl (C=O) groups excluding carboxylic acids is 3. The first kappa shape index (κ1) is 41.8. The zero-order chi connectivity index (χ0) is 44.0. The van der Waals surface area contributed by atoms with Crippen LogP contribution in [-0.2, 0) is 36.1 Å². The van der Waals surface area contributed by atoms with Crippen molar-refractivity contribution in [2.75, 3.05) is 25.3 Å². The molecule has 0 radical (unpaired) electrons. The van der Waals surface area contributed by atoms with Crippen LogP contribution >= 0.6 is 23.1 Å². The summed E-state index contributed by atoms with van der Waals surface area (Å²) >= 11 is 2.73. The summed E-state index contributed by atoms with van der Waals surface area (Å²) < 4.78 is 13.0. The van der Waals surface area contributed by atoms with Crippen LogP contribution in [0.15, 0.2) is 174 Å². The summed E-state index contributed by atoms with van der Waals surface area (Å²) in [7, 11) is 2.92. The molecule has 5 heterocycles. The third-order valence-corrected chi connectivity index (χ3v) is 13.0. The number of oxime groups is 1. The number of methoxy groups -OCH3 is 1. The molecule has 4 aromatic carbocycles. The van der Waals surface area contributed by atoms with Gasteiger partial charge in [0.05, 0.1) is 19.0 Å². The Morgan fingerprint density at radius 3 is 2.16 bits per heavy atom. The molecule has 13 nitrogen and oxygen atoms in total. The molecule has 7 aromatic rings. The number of esters is 1. The van der Waals surface area contributed by atoms with E-state index < -0.39 is 34.7 Å². The number of benzene rings is 4. The Morgan fingerprint density at radius 2 is 1.52 bits per heavy atom. The van der Waals surface area contributed by atoms with E-state index in [1.54, 1.807) is 43.0 Å². The molecule has 0 spiro atoms. The number of β-lactam (4-membered cyclic amide) rings is 1. The second-order valence-corrected chi connectivity index (χ2v) is 16.7. The highest BCUT2D eigenvalue weighted by atomic mass is 32.2. The van der Waals surface area contributed by atoms with Gasteiger partial charge in [0.25, 0.3) is 11.8 Å². The van der Waals surface area contributed by atoms with E-state index in [0.717, 1.165) is 33.6 Å². The van der Waals surface area contributed by atoms with Crippen LogP contribution in [0, 0.1) is 0 Å². The van der Waals surface area contributed by atoms with E-state index in [1.807, 2.05) is 95.5 Å². The molecule has 3 aromatic heterocycles. The number of pyridine rings is 1. The van der Waals surface area contributed by atoms with Gasteiger partial charge < -0.3 is 29.3 Å². The summed E-state index contributed by atoms with van der Waals surface area (Å²) in [6.07, 6.45) is 7.29. The van der Waals surface area contributed by atoms with Gasteiger partial charge in [0.1, 0.15) is 53.5 Å². The number of carbonyl (C=O) groups is 3. The van der Waals surface area contributed by atoms with Gasteiger partial charge in [0, 0.05) is 17.3 Å². The van der Waals surface area contributed by atoms with Crippen LogP contribution in [0.3, 0.4) is 0 Å². The minimum Gasteiger partial charge on any atom is -0.497 e. The normalized spacial score (nSPS) is 16.3. The molecular weight excluding hydrogens is 847 g/mol. The van der Waals surface area contributed by atoms with Crippen molar-refractivity contribution < 1.29 is 28.7 Å². The molecule has 0 unspecified atom stereocenters. The Hall–Kier alpha value is -7.49. The summed E-state index contributed by atoms with van der Waals surface area (Å²) in [6.45, 7) is -0.0267. The third-order valence-electron chi connectivity index (χ3n) is 11.0. The molecule has 2 aliphatic heterocycles. The Bertz CT molecular complexity index is 2800. The van der Waals surface area contributed by atoms with Gasteiger partial charge in [-0.05, 0) is 58.2 Å². The molecule has 9 rings (SSSR count). The lowest BCUT2D eigenvalue weighted by Crippen LogP contribution is -2.71. The number of anilines is 1. The quantitative estimate of drug-likeness (QED) is 0.0346. The van der Waals surface area contributed by atoms with Crippen LogP contribution in [-0.4, -0.2) is 74.2 Å². The zero-order valence-corrected chi connectivity index (χ0v) is 36.3. The first-order valence-electron chi connectivity index (χ1n) is 20.3. The maximum absolute atomic E-state index is 14.2. The summed E-state index contributed by atoms with van der Waals surface area (Å²) in [5.74, 6) is -0.778. The third kappa shape index (κ3) is 8.14. The maximum Gasteiger partial charge on any atom is 0.355 e. The fourth-order valence-electron chi connectivity index (χ4n) is 7.85. The van der Waals surface area contributed by atoms with Gasteiger partial charge in [-0.15, -0.1) is 23.1 Å². The average Bonchev–Trinajstić information content (AvgIpc) is 4.00. The van der Waals surface area contributed by atoms with E-state index >= 15 is 0 Å². The van der Waals surface area contributed by atoms with Crippen molar-refractivity contribution in [3.63, 3.8) is 0 Å². The first-order valence-corrected chi connectivity index (χ1v) is 22.2. The highest BCUT2D eigenvalue weighted by Gasteiger charge is 2.54. The molecule has 1 fully saturated rings. The van der Waals surface area contributed by atoms with Crippen LogP contribution < -0.4 is 15.4 Å². The van der Waals surface area contributed by atoms with Crippen LogP contribution in [0.1, 0.15) is 33.6 Å². The minimum absolute atomic E-state index is 0.0267. The molecule has 0 saturated carbocycles. The fraction of sp³-hybridized carbons (Fsp3) is 0.143. The first-order chi connectivity index (χ1) is 31.4. The van der Waals surface area contributed by atoms with Crippen molar-refractivity contribution in [1.29, 1.82) is 0 Å². The molecule has 2 aliphatic rings. The number of allylic oxidation sites excluding steroid dienone is 1. The minimum atomic E-state index is -0.980. The lowest BCUT2D eigenvalue weighted by atomic mass is 9.77. The highest BCUT2D eigenvalue weighted by molar-refractivity contribution is 8.00. The average molecular weight is 888 g/mol. The number of imidazole rings is 1. The van der Waals surface area contributed by atoms with Crippen molar-refractivity contribution in [1.82, 2.24) is 24.6 Å². The second-order valence-electron chi connectivity index (χ2n) is 14.7. The molecular formula is C49H41N7O6S2. The SMILES string of the molecule is CO/N=C(\C(=O)N[C@@H]1C(=O)N2C(C(=O)OCc3ccc(OC)cc3)=C(C=Cc3cnc4ccccn34)CS[C@H]12)c1csc(NC(c2ccccc2)(c2ccccc2)c2ccccc2)n1. The molecule has 1 saturated heterocycles. The summed E-state index contributed by atoms with van der Waals surface area (Å²) in [6, 6.07) is 42.2. The van der Waals surface area contributed by atoms with Gasteiger partial charge in [-0.2, -0.15) is 0 Å². The molecule has 15 heteroatoms. The number of amides is 2. The van der Waals surface area contributed by atoms with E-state index in [9.17, 15) is 14.4 Å². The Labute approximate surface area is 377 Å². The monoisotopic (exact) mass is 887 g/mol. The summed E-state index contributed by atoms with van der Waals surface area (Å²) in [5.41, 5.74) is 5.23. The molecule has 2 N–H and O–H groups in total. The number of rotatable bonds is 15. The smallest absolute Gasteiger partial charge is 0.355 e. The van der Waals surface area contributed by atoms with E-state index in [0.29, 0.717) is 22.2 Å². The Kier molecular flexibility index (Phi) is 12.1. The summed E-state index contributed by atoms with van der Waals surface area (Å²) in [4.78, 5) is 58.2. The largest absolute Gasteiger partial charge is 0.497 e. The number of hydrogen-bond acceptors (Lipinski definition) is 12. The van der Waals surface area contributed by atoms with Gasteiger partial charge in [-0.3, -0.25) is 14.5 Å². The molecule has 64 heavy (non-hydrogen) atoms. The topological polar surface area (TPSA) is 149 Å². The number of thioether (sulfide) groups is 1. The molecule has 2 amide bonds. The predicted molar refractivity (Wildman–Crippen MR) is 248 cm³/mol. The Morgan fingerprint density at radius 1 is 0.859 bits per heavy atom. The van der Waals surface area contributed by atoms with Crippen LogP contribution in [0.2, 0.25) is 0 Å². The van der Waals surface area contributed by atoms with E-state index in [-0.39, 0.29) is 23.7 Å². The standard InChI is InChI=1S/C49H41N7O6S2/c1-60-38-25-21-32(22-26-38)29-62-47(59)43-33(23-24-37-28-50-40-20-12-13-27-55(37)40)30-63-46-42(45(58)56(43)46)52-44(57)41(54-61-2)39-31-64-48(51-39)53-49(34-14-6-3-7-15-34,35-16-8-4-9-17-35)36-18-10-5-11-19-36/h3-28,31,42,46H,29-30H2,1-2H3,(H,51,53)(H,52,57)/b24-23?,54-41-/t42-,46-/m1/s1. The van der Waals surface area contributed by atoms with Gasteiger partial charge in [-0.1, -0.05) is 120 Å². The van der Waals surface area contributed by atoms with E-state index in [2.05, 4.69) is 57.2 Å². The zero-order valence-electron chi connectivity index (χ0n) is 34.7. The van der Waals surface area contributed by atoms with Gasteiger partial charge in [0.15, 0.2) is 10.8 Å². The number of aromatic nitrogens is 3. The molecule has 2 atom stereocenters. The van der Waals surface area contributed by atoms with Crippen molar-refractivity contribution >= 4 is 63.4 Å². The lowest BCUT2D eigenvalue weighted by Gasteiger charge is -2.49. The fourth-order valence-corrected chi connectivity index (χ4v) is 9.92.